The molecule has 1 aliphatic heterocycles. The van der Waals surface area contributed by atoms with Crippen LogP contribution in [0.4, 0.5) is 0 Å². The van der Waals surface area contributed by atoms with Gasteiger partial charge >= 0.3 is 5.97 Å². The minimum Gasteiger partial charge on any atom is -0.481 e. The smallest absolute Gasteiger partial charge is 0.306 e. The molecule has 0 aromatic carbocycles. The lowest BCUT2D eigenvalue weighted by Gasteiger charge is -2.20. The van der Waals surface area contributed by atoms with E-state index in [9.17, 15) is 9.59 Å². The summed E-state index contributed by atoms with van der Waals surface area (Å²) >= 11 is 0. The topological polar surface area (TPSA) is 57.6 Å². The largest absolute Gasteiger partial charge is 0.481 e. The van der Waals surface area contributed by atoms with Crippen LogP contribution < -0.4 is 0 Å². The maximum atomic E-state index is 12.1. The Hall–Kier alpha value is -1.06. The van der Waals surface area contributed by atoms with Crippen LogP contribution >= 0.6 is 0 Å². The summed E-state index contributed by atoms with van der Waals surface area (Å²) in [6, 6.07) is 0. The fourth-order valence-corrected chi connectivity index (χ4v) is 2.82. The van der Waals surface area contributed by atoms with Crippen molar-refractivity contribution in [3.05, 3.63) is 0 Å². The van der Waals surface area contributed by atoms with Gasteiger partial charge in [-0.15, -0.1) is 0 Å². The number of likely N-dealkylation sites (tertiary alicyclic amines) is 1. The Morgan fingerprint density at radius 1 is 1.19 bits per heavy atom. The van der Waals surface area contributed by atoms with E-state index in [0.29, 0.717) is 18.8 Å². The van der Waals surface area contributed by atoms with E-state index in [1.54, 1.807) is 0 Å². The van der Waals surface area contributed by atoms with Gasteiger partial charge in [-0.2, -0.15) is 0 Å². The van der Waals surface area contributed by atoms with Crippen molar-refractivity contribution in [1.82, 2.24) is 4.90 Å². The Morgan fingerprint density at radius 2 is 1.88 bits per heavy atom. The molecule has 2 aliphatic rings. The molecule has 0 radical (unpaired) electrons. The van der Waals surface area contributed by atoms with Crippen LogP contribution in [-0.4, -0.2) is 35.0 Å². The third-order valence-electron chi connectivity index (χ3n) is 3.87. The molecule has 1 saturated carbocycles. The van der Waals surface area contributed by atoms with E-state index >= 15 is 0 Å². The quantitative estimate of drug-likeness (QED) is 0.772. The van der Waals surface area contributed by atoms with E-state index in [-0.39, 0.29) is 17.7 Å². The second kappa shape index (κ2) is 4.44. The van der Waals surface area contributed by atoms with Crippen molar-refractivity contribution in [3.8, 4) is 0 Å². The normalized spacial score (nSPS) is 34.3. The standard InChI is InChI=1S/C12H19NO3/c1-8-4-5-13(7-8)11(14)9-2-3-10(6-9)12(15)16/h8-10H,2-7H2,1H3,(H,15,16). The molecule has 1 heterocycles. The molecule has 0 aromatic rings. The molecule has 0 bridgehead atoms. The molecule has 90 valence electrons. The molecule has 1 aliphatic carbocycles. The van der Waals surface area contributed by atoms with Gasteiger partial charge in [0.1, 0.15) is 0 Å². The third-order valence-corrected chi connectivity index (χ3v) is 3.87. The molecule has 2 rings (SSSR count). The van der Waals surface area contributed by atoms with Crippen LogP contribution in [0, 0.1) is 17.8 Å². The summed E-state index contributed by atoms with van der Waals surface area (Å²) in [7, 11) is 0. The second-order valence-electron chi connectivity index (χ2n) is 5.22. The van der Waals surface area contributed by atoms with E-state index in [1.807, 2.05) is 4.90 Å². The predicted molar refractivity (Wildman–Crippen MR) is 58.8 cm³/mol. The van der Waals surface area contributed by atoms with Gasteiger partial charge in [-0.25, -0.2) is 0 Å². The van der Waals surface area contributed by atoms with E-state index in [4.69, 9.17) is 5.11 Å². The van der Waals surface area contributed by atoms with Crippen molar-refractivity contribution in [2.24, 2.45) is 17.8 Å². The molecular formula is C12H19NO3. The van der Waals surface area contributed by atoms with Crippen molar-refractivity contribution in [2.45, 2.75) is 32.6 Å². The molecule has 1 saturated heterocycles. The monoisotopic (exact) mass is 225 g/mol. The van der Waals surface area contributed by atoms with Crippen LogP contribution in [0.1, 0.15) is 32.6 Å². The molecule has 2 fully saturated rings. The van der Waals surface area contributed by atoms with E-state index in [1.165, 1.54) is 0 Å². The number of carbonyl (C=O) groups is 2. The molecule has 3 unspecified atom stereocenters. The van der Waals surface area contributed by atoms with Gasteiger partial charge in [-0.3, -0.25) is 9.59 Å². The zero-order chi connectivity index (χ0) is 11.7. The SMILES string of the molecule is CC1CCN(C(=O)C2CCC(C(=O)O)C2)C1. The van der Waals surface area contributed by atoms with Gasteiger partial charge in [0.15, 0.2) is 0 Å². The van der Waals surface area contributed by atoms with Crippen LogP contribution in [0.25, 0.3) is 0 Å². The first-order valence-corrected chi connectivity index (χ1v) is 6.09. The Morgan fingerprint density at radius 3 is 2.38 bits per heavy atom. The summed E-state index contributed by atoms with van der Waals surface area (Å²) in [6.07, 6.45) is 3.04. The molecule has 1 N–H and O–H groups in total. The zero-order valence-electron chi connectivity index (χ0n) is 9.69. The van der Waals surface area contributed by atoms with Crippen molar-refractivity contribution >= 4 is 11.9 Å². The van der Waals surface area contributed by atoms with Crippen LogP contribution in [0.2, 0.25) is 0 Å². The number of hydrogen-bond acceptors (Lipinski definition) is 2. The van der Waals surface area contributed by atoms with Crippen molar-refractivity contribution < 1.29 is 14.7 Å². The van der Waals surface area contributed by atoms with Gasteiger partial charge in [0.05, 0.1) is 5.92 Å². The highest BCUT2D eigenvalue weighted by atomic mass is 16.4. The summed E-state index contributed by atoms with van der Waals surface area (Å²) in [4.78, 5) is 24.8. The molecule has 3 atom stereocenters. The molecule has 4 heteroatoms. The number of nitrogens with zero attached hydrogens (tertiary/aromatic N) is 1. The van der Waals surface area contributed by atoms with Gasteiger partial charge in [0.2, 0.25) is 5.91 Å². The van der Waals surface area contributed by atoms with Crippen molar-refractivity contribution in [2.75, 3.05) is 13.1 Å². The summed E-state index contributed by atoms with van der Waals surface area (Å²) in [5.41, 5.74) is 0. The summed E-state index contributed by atoms with van der Waals surface area (Å²) in [6.45, 7) is 3.86. The highest BCUT2D eigenvalue weighted by Gasteiger charge is 2.37. The first-order chi connectivity index (χ1) is 7.58. The molecular weight excluding hydrogens is 206 g/mol. The number of carboxylic acids is 1. The van der Waals surface area contributed by atoms with E-state index in [0.717, 1.165) is 25.9 Å². The molecule has 0 spiro atoms. The van der Waals surface area contributed by atoms with Gasteiger partial charge in [-0.05, 0) is 31.6 Å². The minimum atomic E-state index is -0.745. The fourth-order valence-electron chi connectivity index (χ4n) is 2.82. The number of amides is 1. The maximum Gasteiger partial charge on any atom is 0.306 e. The Kier molecular flexibility index (Phi) is 3.17. The third kappa shape index (κ3) is 2.20. The lowest BCUT2D eigenvalue weighted by atomic mass is 10.0. The second-order valence-corrected chi connectivity index (χ2v) is 5.22. The molecule has 1 amide bonds. The van der Waals surface area contributed by atoms with Crippen LogP contribution in [0.5, 0.6) is 0 Å². The molecule has 0 aromatic heterocycles. The van der Waals surface area contributed by atoms with E-state index < -0.39 is 5.97 Å². The maximum absolute atomic E-state index is 12.1. The van der Waals surface area contributed by atoms with Crippen LogP contribution in [0.3, 0.4) is 0 Å². The van der Waals surface area contributed by atoms with Gasteiger partial charge in [0.25, 0.3) is 0 Å². The predicted octanol–water partition coefficient (Wildman–Crippen LogP) is 1.36. The molecule has 4 nitrogen and oxygen atoms in total. The lowest BCUT2D eigenvalue weighted by molar-refractivity contribution is -0.141. The fraction of sp³-hybridized carbons (Fsp3) is 0.833. The van der Waals surface area contributed by atoms with Gasteiger partial charge in [0, 0.05) is 19.0 Å². The number of carbonyl (C=O) groups excluding carboxylic acids is 1. The first-order valence-electron chi connectivity index (χ1n) is 6.09. The van der Waals surface area contributed by atoms with Crippen LogP contribution in [-0.2, 0) is 9.59 Å². The highest BCUT2D eigenvalue weighted by Crippen LogP contribution is 2.33. The zero-order valence-corrected chi connectivity index (χ0v) is 9.69. The number of rotatable bonds is 2. The number of aliphatic carboxylic acids is 1. The Bertz CT molecular complexity index is 303. The van der Waals surface area contributed by atoms with Gasteiger partial charge < -0.3 is 10.0 Å². The Labute approximate surface area is 95.6 Å². The molecule has 16 heavy (non-hydrogen) atoms. The summed E-state index contributed by atoms with van der Waals surface area (Å²) in [5.74, 6) is -0.292. The first kappa shape index (κ1) is 11.4. The number of hydrogen-bond donors (Lipinski definition) is 1. The Balaban J connectivity index is 1.89. The van der Waals surface area contributed by atoms with Gasteiger partial charge in [-0.1, -0.05) is 6.92 Å². The average molecular weight is 225 g/mol. The van der Waals surface area contributed by atoms with Crippen LogP contribution in [0.15, 0.2) is 0 Å². The minimum absolute atomic E-state index is 0.0357. The lowest BCUT2D eigenvalue weighted by Crippen LogP contribution is -2.33. The highest BCUT2D eigenvalue weighted by molar-refractivity contribution is 5.81. The summed E-state index contributed by atoms with van der Waals surface area (Å²) < 4.78 is 0. The number of carboxylic acid groups (broad SMARTS) is 1. The van der Waals surface area contributed by atoms with Crippen molar-refractivity contribution in [3.63, 3.8) is 0 Å². The van der Waals surface area contributed by atoms with E-state index in [2.05, 4.69) is 6.92 Å². The summed E-state index contributed by atoms with van der Waals surface area (Å²) in [5, 5.41) is 8.90. The average Bonchev–Trinajstić information content (AvgIpc) is 2.84. The van der Waals surface area contributed by atoms with Crippen molar-refractivity contribution in [1.29, 1.82) is 0 Å².